The fraction of sp³-hybridized carbons (Fsp3) is 0.909. The molecule has 1 atom stereocenters. The first-order valence-corrected chi connectivity index (χ1v) is 5.87. The molecule has 0 saturated carbocycles. The molecule has 0 spiro atoms. The summed E-state index contributed by atoms with van der Waals surface area (Å²) < 4.78 is 0. The fourth-order valence-electron chi connectivity index (χ4n) is 1.68. The van der Waals surface area contributed by atoms with E-state index in [-0.39, 0.29) is 5.96 Å². The van der Waals surface area contributed by atoms with Crippen LogP contribution >= 0.6 is 0 Å². The van der Waals surface area contributed by atoms with Gasteiger partial charge < -0.3 is 16.8 Å². The van der Waals surface area contributed by atoms with Crippen LogP contribution in [0.15, 0.2) is 4.99 Å². The zero-order chi connectivity index (χ0) is 11.7. The number of nitrogens with one attached hydrogen (secondary N) is 1. The molecule has 0 rings (SSSR count). The van der Waals surface area contributed by atoms with Crippen molar-refractivity contribution in [2.45, 2.75) is 58.5 Å². The number of nitrogens with two attached hydrogens (primary N) is 2. The molecule has 0 bridgehead atoms. The molecule has 90 valence electrons. The van der Waals surface area contributed by atoms with Crippen LogP contribution in [0.5, 0.6) is 0 Å². The van der Waals surface area contributed by atoms with E-state index in [1.807, 2.05) is 0 Å². The van der Waals surface area contributed by atoms with Crippen molar-refractivity contribution in [1.29, 1.82) is 0 Å². The Bertz CT molecular complexity index is 173. The van der Waals surface area contributed by atoms with Crippen molar-refractivity contribution in [3.8, 4) is 0 Å². The summed E-state index contributed by atoms with van der Waals surface area (Å²) in [4.78, 5) is 3.98. The van der Waals surface area contributed by atoms with Gasteiger partial charge in [0.2, 0.25) is 0 Å². The minimum Gasteiger partial charge on any atom is -0.370 e. The first kappa shape index (κ1) is 14.2. The average molecular weight is 214 g/mol. The third-order valence-electron chi connectivity index (χ3n) is 2.21. The largest absolute Gasteiger partial charge is 0.370 e. The van der Waals surface area contributed by atoms with Gasteiger partial charge in [0, 0.05) is 18.6 Å². The van der Waals surface area contributed by atoms with Crippen LogP contribution < -0.4 is 16.8 Å². The van der Waals surface area contributed by atoms with Crippen molar-refractivity contribution < 1.29 is 0 Å². The molecule has 0 aromatic heterocycles. The van der Waals surface area contributed by atoms with Crippen molar-refractivity contribution in [2.24, 2.45) is 16.5 Å². The summed E-state index contributed by atoms with van der Waals surface area (Å²) in [5, 5.41) is 3.56. The van der Waals surface area contributed by atoms with Crippen LogP contribution in [0, 0.1) is 0 Å². The van der Waals surface area contributed by atoms with Gasteiger partial charge in [-0.2, -0.15) is 0 Å². The monoisotopic (exact) mass is 214 g/mol. The molecule has 0 aliphatic heterocycles. The summed E-state index contributed by atoms with van der Waals surface area (Å²) in [6, 6.07) is 1.15. The molecule has 0 aliphatic carbocycles. The normalized spacial score (nSPS) is 12.8. The van der Waals surface area contributed by atoms with Gasteiger partial charge in [0.05, 0.1) is 0 Å². The second-order valence-corrected chi connectivity index (χ2v) is 4.26. The van der Waals surface area contributed by atoms with Gasteiger partial charge in [-0.15, -0.1) is 0 Å². The van der Waals surface area contributed by atoms with Crippen LogP contribution in [0.2, 0.25) is 0 Å². The molecule has 15 heavy (non-hydrogen) atoms. The standard InChI is InChI=1S/C11H26N4/c1-4-6-10(15-9(2)3)7-5-8-14-11(12)13/h9-10,15H,4-8H2,1-3H3,(H4,12,13,14)/t10-/m1/s1. The summed E-state index contributed by atoms with van der Waals surface area (Å²) in [6.45, 7) is 7.31. The predicted molar refractivity (Wildman–Crippen MR) is 66.9 cm³/mol. The van der Waals surface area contributed by atoms with E-state index in [1.54, 1.807) is 0 Å². The number of guanidine groups is 1. The Labute approximate surface area is 93.5 Å². The van der Waals surface area contributed by atoms with E-state index in [0.29, 0.717) is 12.1 Å². The lowest BCUT2D eigenvalue weighted by Gasteiger charge is -2.20. The fourth-order valence-corrected chi connectivity index (χ4v) is 1.68. The summed E-state index contributed by atoms with van der Waals surface area (Å²) in [6.07, 6.45) is 4.62. The molecule has 0 radical (unpaired) electrons. The maximum Gasteiger partial charge on any atom is 0.185 e. The van der Waals surface area contributed by atoms with Crippen molar-refractivity contribution >= 4 is 5.96 Å². The van der Waals surface area contributed by atoms with Gasteiger partial charge in [-0.25, -0.2) is 0 Å². The minimum absolute atomic E-state index is 0.193. The number of rotatable bonds is 8. The Balaban J connectivity index is 3.70. The number of aliphatic imine (C=N–C) groups is 1. The lowest BCUT2D eigenvalue weighted by atomic mass is 10.1. The van der Waals surface area contributed by atoms with Crippen LogP contribution in [-0.2, 0) is 0 Å². The molecule has 4 heteroatoms. The highest BCUT2D eigenvalue weighted by atomic mass is 15.0. The van der Waals surface area contributed by atoms with Gasteiger partial charge in [-0.3, -0.25) is 4.99 Å². The van der Waals surface area contributed by atoms with Crippen LogP contribution in [-0.4, -0.2) is 24.6 Å². The highest BCUT2D eigenvalue weighted by molar-refractivity contribution is 5.75. The zero-order valence-electron chi connectivity index (χ0n) is 10.3. The van der Waals surface area contributed by atoms with E-state index in [2.05, 4.69) is 31.1 Å². The lowest BCUT2D eigenvalue weighted by Crippen LogP contribution is -2.34. The first-order valence-electron chi connectivity index (χ1n) is 5.87. The summed E-state index contributed by atoms with van der Waals surface area (Å²) in [5.74, 6) is 0.193. The third kappa shape index (κ3) is 9.53. The topological polar surface area (TPSA) is 76.4 Å². The van der Waals surface area contributed by atoms with Crippen molar-refractivity contribution in [3.05, 3.63) is 0 Å². The molecule has 0 aromatic carbocycles. The maximum atomic E-state index is 5.26. The van der Waals surface area contributed by atoms with Crippen molar-refractivity contribution in [2.75, 3.05) is 6.54 Å². The van der Waals surface area contributed by atoms with E-state index in [1.165, 1.54) is 12.8 Å². The Morgan fingerprint density at radius 1 is 1.27 bits per heavy atom. The van der Waals surface area contributed by atoms with Gasteiger partial charge in [0.15, 0.2) is 5.96 Å². The molecule has 0 aromatic rings. The summed E-state index contributed by atoms with van der Waals surface area (Å²) in [7, 11) is 0. The molecular formula is C11H26N4. The smallest absolute Gasteiger partial charge is 0.185 e. The van der Waals surface area contributed by atoms with Gasteiger partial charge in [0.25, 0.3) is 0 Å². The second kappa shape index (κ2) is 8.53. The highest BCUT2D eigenvalue weighted by Gasteiger charge is 2.07. The zero-order valence-corrected chi connectivity index (χ0v) is 10.3. The van der Waals surface area contributed by atoms with E-state index < -0.39 is 0 Å². The van der Waals surface area contributed by atoms with Gasteiger partial charge in [-0.05, 0) is 19.3 Å². The Hall–Kier alpha value is -0.770. The molecule has 0 aliphatic rings. The molecule has 0 fully saturated rings. The SMILES string of the molecule is CCC[C@H](CCCN=C(N)N)NC(C)C. The van der Waals surface area contributed by atoms with Gasteiger partial charge in [-0.1, -0.05) is 27.2 Å². The van der Waals surface area contributed by atoms with Crippen LogP contribution in [0.3, 0.4) is 0 Å². The molecular weight excluding hydrogens is 188 g/mol. The summed E-state index contributed by atoms with van der Waals surface area (Å²) in [5.41, 5.74) is 10.5. The molecule has 0 unspecified atom stereocenters. The quantitative estimate of drug-likeness (QED) is 0.323. The first-order chi connectivity index (χ1) is 7.06. The summed E-state index contributed by atoms with van der Waals surface area (Å²) >= 11 is 0. The van der Waals surface area contributed by atoms with E-state index >= 15 is 0 Å². The minimum atomic E-state index is 0.193. The van der Waals surface area contributed by atoms with E-state index in [9.17, 15) is 0 Å². The Kier molecular flexibility index (Phi) is 8.09. The van der Waals surface area contributed by atoms with Crippen LogP contribution in [0.1, 0.15) is 46.5 Å². The highest BCUT2D eigenvalue weighted by Crippen LogP contribution is 2.06. The van der Waals surface area contributed by atoms with Gasteiger partial charge in [0.1, 0.15) is 0 Å². The van der Waals surface area contributed by atoms with Crippen LogP contribution in [0.25, 0.3) is 0 Å². The lowest BCUT2D eigenvalue weighted by molar-refractivity contribution is 0.406. The average Bonchev–Trinajstić information content (AvgIpc) is 2.11. The molecule has 0 heterocycles. The van der Waals surface area contributed by atoms with Crippen LogP contribution in [0.4, 0.5) is 0 Å². The third-order valence-corrected chi connectivity index (χ3v) is 2.21. The Morgan fingerprint density at radius 2 is 1.93 bits per heavy atom. The number of hydrogen-bond acceptors (Lipinski definition) is 2. The van der Waals surface area contributed by atoms with Crippen molar-refractivity contribution in [3.63, 3.8) is 0 Å². The predicted octanol–water partition coefficient (Wildman–Crippen LogP) is 1.21. The van der Waals surface area contributed by atoms with E-state index in [4.69, 9.17) is 11.5 Å². The Morgan fingerprint density at radius 3 is 2.40 bits per heavy atom. The molecule has 4 nitrogen and oxygen atoms in total. The molecule has 0 saturated heterocycles. The van der Waals surface area contributed by atoms with Crippen molar-refractivity contribution in [1.82, 2.24) is 5.32 Å². The van der Waals surface area contributed by atoms with E-state index in [0.717, 1.165) is 19.4 Å². The molecule has 5 N–H and O–H groups in total. The molecule has 0 amide bonds. The number of nitrogens with zero attached hydrogens (tertiary/aromatic N) is 1. The second-order valence-electron chi connectivity index (χ2n) is 4.26. The number of hydrogen-bond donors (Lipinski definition) is 3. The van der Waals surface area contributed by atoms with Gasteiger partial charge >= 0.3 is 0 Å². The maximum absolute atomic E-state index is 5.26.